The zero-order valence-corrected chi connectivity index (χ0v) is 11.4. The number of anilines is 2. The monoisotopic (exact) mass is 264 g/mol. The molecule has 1 N–H and O–H groups in total. The Morgan fingerprint density at radius 2 is 1.95 bits per heavy atom. The first-order valence-corrected chi connectivity index (χ1v) is 6.48. The van der Waals surface area contributed by atoms with Crippen LogP contribution >= 0.6 is 0 Å². The molecule has 5 heteroatoms. The van der Waals surface area contributed by atoms with Crippen molar-refractivity contribution < 1.29 is 14.3 Å². The highest BCUT2D eigenvalue weighted by Crippen LogP contribution is 2.19. The van der Waals surface area contributed by atoms with Crippen molar-refractivity contribution in [1.29, 1.82) is 0 Å². The number of ether oxygens (including phenoxy) is 2. The molecule has 0 spiro atoms. The van der Waals surface area contributed by atoms with Crippen LogP contribution in [0.3, 0.4) is 0 Å². The predicted molar refractivity (Wildman–Crippen MR) is 74.6 cm³/mol. The molecule has 1 aliphatic heterocycles. The summed E-state index contributed by atoms with van der Waals surface area (Å²) in [6.07, 6.45) is 0. The maximum Gasteiger partial charge on any atom is 0.327 e. The van der Waals surface area contributed by atoms with Crippen LogP contribution in [0.4, 0.5) is 11.4 Å². The number of hydrogen-bond acceptors (Lipinski definition) is 5. The van der Waals surface area contributed by atoms with E-state index >= 15 is 0 Å². The van der Waals surface area contributed by atoms with Gasteiger partial charge in [0.15, 0.2) is 0 Å². The van der Waals surface area contributed by atoms with Crippen molar-refractivity contribution in [2.24, 2.45) is 0 Å². The minimum Gasteiger partial charge on any atom is -0.467 e. The van der Waals surface area contributed by atoms with Crippen LogP contribution in [0.25, 0.3) is 0 Å². The van der Waals surface area contributed by atoms with E-state index in [4.69, 9.17) is 4.74 Å². The van der Waals surface area contributed by atoms with E-state index in [2.05, 4.69) is 27.1 Å². The first kappa shape index (κ1) is 13.7. The van der Waals surface area contributed by atoms with Gasteiger partial charge in [-0.25, -0.2) is 4.79 Å². The number of methoxy groups -OCH3 is 1. The van der Waals surface area contributed by atoms with Crippen LogP contribution in [-0.4, -0.2) is 45.4 Å². The molecule has 0 amide bonds. The van der Waals surface area contributed by atoms with Crippen LogP contribution in [-0.2, 0) is 14.3 Å². The molecule has 1 aromatic carbocycles. The maximum atomic E-state index is 11.3. The molecule has 0 aliphatic carbocycles. The third-order valence-corrected chi connectivity index (χ3v) is 3.18. The number of hydrogen-bond donors (Lipinski definition) is 1. The Labute approximate surface area is 113 Å². The van der Waals surface area contributed by atoms with Crippen molar-refractivity contribution in [3.8, 4) is 0 Å². The van der Waals surface area contributed by atoms with Crippen LogP contribution in [0.15, 0.2) is 24.3 Å². The standard InChI is InChI=1S/C14H20N2O3/c1-11(14(17)18-2)15-12-3-5-13(6-4-12)16-7-9-19-10-8-16/h3-6,11,15H,7-10H2,1-2H3. The molecule has 5 nitrogen and oxygen atoms in total. The number of morpholine rings is 1. The number of rotatable bonds is 4. The van der Waals surface area contributed by atoms with Gasteiger partial charge >= 0.3 is 5.97 Å². The summed E-state index contributed by atoms with van der Waals surface area (Å²) in [5.41, 5.74) is 2.09. The second kappa shape index (κ2) is 6.43. The summed E-state index contributed by atoms with van der Waals surface area (Å²) in [6, 6.07) is 7.71. The van der Waals surface area contributed by atoms with Gasteiger partial charge in [-0.05, 0) is 31.2 Å². The largest absolute Gasteiger partial charge is 0.467 e. The lowest BCUT2D eigenvalue weighted by Crippen LogP contribution is -2.36. The first-order chi connectivity index (χ1) is 9.20. The summed E-state index contributed by atoms with van der Waals surface area (Å²) in [5, 5.41) is 3.10. The summed E-state index contributed by atoms with van der Waals surface area (Å²) < 4.78 is 10.0. The van der Waals surface area contributed by atoms with Gasteiger partial charge in [-0.1, -0.05) is 0 Å². The zero-order valence-electron chi connectivity index (χ0n) is 11.4. The van der Waals surface area contributed by atoms with E-state index in [1.807, 2.05) is 12.1 Å². The van der Waals surface area contributed by atoms with Crippen LogP contribution in [0.1, 0.15) is 6.92 Å². The third kappa shape index (κ3) is 3.61. The number of benzene rings is 1. The molecular formula is C14H20N2O3. The quantitative estimate of drug-likeness (QED) is 0.835. The molecule has 0 saturated carbocycles. The molecule has 104 valence electrons. The van der Waals surface area contributed by atoms with Crippen LogP contribution in [0.5, 0.6) is 0 Å². The van der Waals surface area contributed by atoms with E-state index in [0.29, 0.717) is 0 Å². The molecule has 1 unspecified atom stereocenters. The van der Waals surface area contributed by atoms with Gasteiger partial charge in [0.25, 0.3) is 0 Å². The number of carbonyl (C=O) groups is 1. The third-order valence-electron chi connectivity index (χ3n) is 3.18. The molecule has 1 saturated heterocycles. The van der Waals surface area contributed by atoms with E-state index in [0.717, 1.165) is 32.0 Å². The smallest absolute Gasteiger partial charge is 0.327 e. The Hall–Kier alpha value is -1.75. The highest BCUT2D eigenvalue weighted by Gasteiger charge is 2.13. The predicted octanol–water partition coefficient (Wildman–Crippen LogP) is 1.50. The summed E-state index contributed by atoms with van der Waals surface area (Å²) in [5.74, 6) is -0.266. The second-order valence-corrected chi connectivity index (χ2v) is 4.54. The Morgan fingerprint density at radius 1 is 1.32 bits per heavy atom. The van der Waals surface area contributed by atoms with Gasteiger partial charge in [-0.2, -0.15) is 0 Å². The molecule has 19 heavy (non-hydrogen) atoms. The number of nitrogens with one attached hydrogen (secondary N) is 1. The molecular weight excluding hydrogens is 244 g/mol. The molecule has 1 fully saturated rings. The fraction of sp³-hybridized carbons (Fsp3) is 0.500. The van der Waals surface area contributed by atoms with Crippen LogP contribution < -0.4 is 10.2 Å². The van der Waals surface area contributed by atoms with Crippen molar-refractivity contribution in [1.82, 2.24) is 0 Å². The average molecular weight is 264 g/mol. The van der Waals surface area contributed by atoms with Crippen molar-refractivity contribution >= 4 is 17.3 Å². The maximum absolute atomic E-state index is 11.3. The lowest BCUT2D eigenvalue weighted by atomic mass is 10.2. The van der Waals surface area contributed by atoms with Crippen molar-refractivity contribution in [3.05, 3.63) is 24.3 Å². The van der Waals surface area contributed by atoms with Crippen LogP contribution in [0, 0.1) is 0 Å². The normalized spacial score (nSPS) is 16.8. The Kier molecular flexibility index (Phi) is 4.63. The van der Waals surface area contributed by atoms with Crippen LogP contribution in [0.2, 0.25) is 0 Å². The molecule has 1 aromatic rings. The van der Waals surface area contributed by atoms with Gasteiger partial charge in [0.2, 0.25) is 0 Å². The summed E-state index contributed by atoms with van der Waals surface area (Å²) >= 11 is 0. The van der Waals surface area contributed by atoms with Crippen molar-refractivity contribution in [2.45, 2.75) is 13.0 Å². The average Bonchev–Trinajstić information content (AvgIpc) is 2.48. The van der Waals surface area contributed by atoms with Crippen molar-refractivity contribution in [2.75, 3.05) is 43.6 Å². The Bertz CT molecular complexity index is 413. The van der Waals surface area contributed by atoms with Gasteiger partial charge in [-0.15, -0.1) is 0 Å². The number of carbonyl (C=O) groups excluding carboxylic acids is 1. The lowest BCUT2D eigenvalue weighted by Gasteiger charge is -2.29. The second-order valence-electron chi connectivity index (χ2n) is 4.54. The van der Waals surface area contributed by atoms with E-state index in [-0.39, 0.29) is 12.0 Å². The molecule has 1 heterocycles. The van der Waals surface area contributed by atoms with E-state index in [1.165, 1.54) is 12.8 Å². The van der Waals surface area contributed by atoms with Gasteiger partial charge in [0.1, 0.15) is 6.04 Å². The molecule has 2 rings (SSSR count). The van der Waals surface area contributed by atoms with E-state index in [1.54, 1.807) is 6.92 Å². The Balaban J connectivity index is 1.96. The molecule has 0 radical (unpaired) electrons. The fourth-order valence-corrected chi connectivity index (χ4v) is 2.08. The molecule has 0 bridgehead atoms. The summed E-state index contributed by atoms with van der Waals surface area (Å²) in [4.78, 5) is 13.6. The van der Waals surface area contributed by atoms with Gasteiger partial charge in [0, 0.05) is 24.5 Å². The summed E-state index contributed by atoms with van der Waals surface area (Å²) in [7, 11) is 1.39. The highest BCUT2D eigenvalue weighted by atomic mass is 16.5. The Morgan fingerprint density at radius 3 is 2.53 bits per heavy atom. The molecule has 1 atom stereocenters. The van der Waals surface area contributed by atoms with Gasteiger partial charge < -0.3 is 19.7 Å². The fourth-order valence-electron chi connectivity index (χ4n) is 2.08. The lowest BCUT2D eigenvalue weighted by molar-refractivity contribution is -0.141. The first-order valence-electron chi connectivity index (χ1n) is 6.48. The minimum absolute atomic E-state index is 0.266. The van der Waals surface area contributed by atoms with E-state index in [9.17, 15) is 4.79 Å². The van der Waals surface area contributed by atoms with Crippen molar-refractivity contribution in [3.63, 3.8) is 0 Å². The van der Waals surface area contributed by atoms with Gasteiger partial charge in [0.05, 0.1) is 20.3 Å². The topological polar surface area (TPSA) is 50.8 Å². The minimum atomic E-state index is -0.348. The SMILES string of the molecule is COC(=O)C(C)Nc1ccc(N2CCOCC2)cc1. The molecule has 0 aromatic heterocycles. The van der Waals surface area contributed by atoms with E-state index < -0.39 is 0 Å². The summed E-state index contributed by atoms with van der Waals surface area (Å²) in [6.45, 7) is 5.18. The number of nitrogens with zero attached hydrogens (tertiary/aromatic N) is 1. The van der Waals surface area contributed by atoms with Gasteiger partial charge in [-0.3, -0.25) is 0 Å². The zero-order chi connectivity index (χ0) is 13.7. The molecule has 1 aliphatic rings. The highest BCUT2D eigenvalue weighted by molar-refractivity contribution is 5.78. The number of esters is 1.